The van der Waals surface area contributed by atoms with Crippen LogP contribution in [0.1, 0.15) is 44.3 Å². The van der Waals surface area contributed by atoms with Crippen LogP contribution < -0.4 is 5.32 Å². The lowest BCUT2D eigenvalue weighted by atomic mass is 9.67. The Kier molecular flexibility index (Phi) is 2.19. The van der Waals surface area contributed by atoms with Crippen molar-refractivity contribution in [3.63, 3.8) is 0 Å². The molecule has 2 fully saturated rings. The van der Waals surface area contributed by atoms with Crippen LogP contribution in [0.5, 0.6) is 0 Å². The minimum atomic E-state index is -0.411. The molecule has 0 bridgehead atoms. The number of carbonyl (C=O) groups is 1. The van der Waals surface area contributed by atoms with Gasteiger partial charge in [0.1, 0.15) is 17.6 Å². The molecule has 16 heavy (non-hydrogen) atoms. The Labute approximate surface area is 94.0 Å². The largest absolute Gasteiger partial charge is 0.352 e. The fourth-order valence-electron chi connectivity index (χ4n) is 2.41. The highest BCUT2D eigenvalue weighted by molar-refractivity contribution is 5.88. The number of hydrogen-bond acceptors (Lipinski definition) is 3. The predicted octanol–water partition coefficient (Wildman–Crippen LogP) is 0.895. The lowest BCUT2D eigenvalue weighted by Crippen LogP contribution is -2.54. The van der Waals surface area contributed by atoms with E-state index in [1.165, 1.54) is 12.7 Å². The van der Waals surface area contributed by atoms with Crippen LogP contribution in [-0.4, -0.2) is 27.1 Å². The third-order valence-corrected chi connectivity index (χ3v) is 3.95. The van der Waals surface area contributed by atoms with Gasteiger partial charge in [0.05, 0.1) is 0 Å². The third kappa shape index (κ3) is 1.34. The molecule has 0 spiro atoms. The summed E-state index contributed by atoms with van der Waals surface area (Å²) in [4.78, 5) is 16.4. The van der Waals surface area contributed by atoms with E-state index < -0.39 is 5.41 Å². The van der Waals surface area contributed by atoms with Gasteiger partial charge >= 0.3 is 0 Å². The van der Waals surface area contributed by atoms with Gasteiger partial charge < -0.3 is 5.32 Å². The molecule has 0 radical (unpaired) electrons. The average Bonchev–Trinajstić information content (AvgIpc) is 2.63. The summed E-state index contributed by atoms with van der Waals surface area (Å²) in [6.07, 6.45) is 7.84. The van der Waals surface area contributed by atoms with Crippen LogP contribution in [0.4, 0.5) is 0 Å². The number of amides is 1. The number of hydrogen-bond donors (Lipinski definition) is 2. The quantitative estimate of drug-likeness (QED) is 0.795. The topological polar surface area (TPSA) is 70.7 Å². The van der Waals surface area contributed by atoms with Crippen molar-refractivity contribution < 1.29 is 4.79 Å². The van der Waals surface area contributed by atoms with Crippen molar-refractivity contribution >= 4 is 5.91 Å². The van der Waals surface area contributed by atoms with E-state index in [9.17, 15) is 4.79 Å². The molecule has 1 aromatic heterocycles. The Bertz CT molecular complexity index is 379. The summed E-state index contributed by atoms with van der Waals surface area (Å²) in [5, 5.41) is 9.82. The van der Waals surface area contributed by atoms with Gasteiger partial charge in [-0.05, 0) is 32.1 Å². The Morgan fingerprint density at radius 1 is 1.44 bits per heavy atom. The third-order valence-electron chi connectivity index (χ3n) is 3.95. The minimum Gasteiger partial charge on any atom is -0.352 e. The molecule has 2 aliphatic rings. The maximum atomic E-state index is 12.2. The molecule has 1 amide bonds. The van der Waals surface area contributed by atoms with Crippen LogP contribution in [0, 0.1) is 0 Å². The van der Waals surface area contributed by atoms with Crippen molar-refractivity contribution in [3.05, 3.63) is 12.2 Å². The van der Waals surface area contributed by atoms with E-state index in [4.69, 9.17) is 0 Å². The van der Waals surface area contributed by atoms with Crippen LogP contribution in [-0.2, 0) is 10.2 Å². The summed E-state index contributed by atoms with van der Waals surface area (Å²) >= 11 is 0. The first kappa shape index (κ1) is 9.81. The average molecular weight is 220 g/mol. The summed E-state index contributed by atoms with van der Waals surface area (Å²) in [5.41, 5.74) is -0.411. The highest BCUT2D eigenvalue weighted by Crippen LogP contribution is 2.42. The second-order valence-electron chi connectivity index (χ2n) is 4.87. The van der Waals surface area contributed by atoms with Crippen molar-refractivity contribution in [2.45, 2.75) is 50.0 Å². The SMILES string of the molecule is O=C(NC1CCC1)C1(c2ncn[nH]2)CCC1. The van der Waals surface area contributed by atoms with Crippen molar-refractivity contribution in [1.82, 2.24) is 20.5 Å². The summed E-state index contributed by atoms with van der Waals surface area (Å²) in [6, 6.07) is 0.396. The molecule has 0 aliphatic heterocycles. The van der Waals surface area contributed by atoms with Crippen LogP contribution in [0.2, 0.25) is 0 Å². The van der Waals surface area contributed by atoms with Crippen molar-refractivity contribution in [1.29, 1.82) is 0 Å². The summed E-state index contributed by atoms with van der Waals surface area (Å²) < 4.78 is 0. The molecule has 2 saturated carbocycles. The zero-order chi connectivity index (χ0) is 11.0. The first-order valence-electron chi connectivity index (χ1n) is 5.98. The van der Waals surface area contributed by atoms with E-state index in [0.717, 1.165) is 37.9 Å². The Morgan fingerprint density at radius 2 is 2.25 bits per heavy atom. The zero-order valence-electron chi connectivity index (χ0n) is 9.20. The van der Waals surface area contributed by atoms with E-state index >= 15 is 0 Å². The van der Waals surface area contributed by atoms with Crippen LogP contribution in [0.15, 0.2) is 6.33 Å². The molecule has 0 atom stereocenters. The Balaban J connectivity index is 1.76. The number of aromatic nitrogens is 3. The molecular weight excluding hydrogens is 204 g/mol. The van der Waals surface area contributed by atoms with Crippen LogP contribution in [0.3, 0.4) is 0 Å². The predicted molar refractivity (Wildman–Crippen MR) is 57.7 cm³/mol. The van der Waals surface area contributed by atoms with Gasteiger partial charge in [0, 0.05) is 6.04 Å². The zero-order valence-corrected chi connectivity index (χ0v) is 9.20. The molecule has 1 heterocycles. The number of rotatable bonds is 3. The van der Waals surface area contributed by atoms with Crippen molar-refractivity contribution in [2.75, 3.05) is 0 Å². The van der Waals surface area contributed by atoms with E-state index in [1.54, 1.807) is 0 Å². The second kappa shape index (κ2) is 3.57. The molecule has 3 rings (SSSR count). The van der Waals surface area contributed by atoms with E-state index in [1.807, 2.05) is 0 Å². The molecule has 5 heteroatoms. The maximum absolute atomic E-state index is 12.2. The van der Waals surface area contributed by atoms with Gasteiger partial charge in [0.15, 0.2) is 0 Å². The van der Waals surface area contributed by atoms with Crippen LogP contribution in [0.25, 0.3) is 0 Å². The fourth-order valence-corrected chi connectivity index (χ4v) is 2.41. The fraction of sp³-hybridized carbons (Fsp3) is 0.727. The minimum absolute atomic E-state index is 0.139. The normalized spacial score (nSPS) is 23.2. The molecule has 1 aromatic rings. The summed E-state index contributed by atoms with van der Waals surface area (Å²) in [7, 11) is 0. The number of carbonyl (C=O) groups excluding carboxylic acids is 1. The van der Waals surface area contributed by atoms with Gasteiger partial charge in [0.25, 0.3) is 0 Å². The first-order chi connectivity index (χ1) is 7.81. The van der Waals surface area contributed by atoms with Gasteiger partial charge in [-0.3, -0.25) is 9.89 Å². The molecule has 2 N–H and O–H groups in total. The van der Waals surface area contributed by atoms with Gasteiger partial charge in [-0.15, -0.1) is 0 Å². The lowest BCUT2D eigenvalue weighted by molar-refractivity contribution is -0.131. The molecule has 2 aliphatic carbocycles. The molecule has 0 saturated heterocycles. The molecule has 5 nitrogen and oxygen atoms in total. The Hall–Kier alpha value is -1.39. The van der Waals surface area contributed by atoms with Crippen LogP contribution >= 0.6 is 0 Å². The smallest absolute Gasteiger partial charge is 0.234 e. The van der Waals surface area contributed by atoms with E-state index in [2.05, 4.69) is 20.5 Å². The number of H-pyrrole nitrogens is 1. The number of aromatic amines is 1. The van der Waals surface area contributed by atoms with Gasteiger partial charge in [-0.2, -0.15) is 5.10 Å². The van der Waals surface area contributed by atoms with Crippen molar-refractivity contribution in [3.8, 4) is 0 Å². The highest BCUT2D eigenvalue weighted by Gasteiger charge is 2.48. The summed E-state index contributed by atoms with van der Waals surface area (Å²) in [6.45, 7) is 0. The first-order valence-corrected chi connectivity index (χ1v) is 5.98. The Morgan fingerprint density at radius 3 is 2.69 bits per heavy atom. The number of nitrogens with zero attached hydrogens (tertiary/aromatic N) is 2. The van der Waals surface area contributed by atoms with E-state index in [-0.39, 0.29) is 5.91 Å². The lowest BCUT2D eigenvalue weighted by Gasteiger charge is -2.40. The second-order valence-corrected chi connectivity index (χ2v) is 4.87. The standard InChI is InChI=1S/C11H16N4O/c16-10(14-8-3-1-4-8)11(5-2-6-11)9-12-7-13-15-9/h7-8H,1-6H2,(H,14,16)(H,12,13,15). The van der Waals surface area contributed by atoms with E-state index in [0.29, 0.717) is 6.04 Å². The summed E-state index contributed by atoms with van der Waals surface area (Å²) in [5.74, 6) is 0.871. The molecular formula is C11H16N4O. The molecule has 86 valence electrons. The van der Waals surface area contributed by atoms with Crippen molar-refractivity contribution in [2.24, 2.45) is 0 Å². The maximum Gasteiger partial charge on any atom is 0.234 e. The molecule has 0 unspecified atom stereocenters. The van der Waals surface area contributed by atoms with Gasteiger partial charge in [-0.25, -0.2) is 4.98 Å². The monoisotopic (exact) mass is 220 g/mol. The molecule has 0 aromatic carbocycles. The highest BCUT2D eigenvalue weighted by atomic mass is 16.2. The van der Waals surface area contributed by atoms with Gasteiger partial charge in [0.2, 0.25) is 5.91 Å². The number of nitrogens with one attached hydrogen (secondary N) is 2. The van der Waals surface area contributed by atoms with Gasteiger partial charge in [-0.1, -0.05) is 6.42 Å².